The van der Waals surface area contributed by atoms with Gasteiger partial charge in [-0.15, -0.1) is 0 Å². The van der Waals surface area contributed by atoms with Gasteiger partial charge in [0.15, 0.2) is 0 Å². The number of carbonyl (C=O) groups excluding carboxylic acids is 1. The van der Waals surface area contributed by atoms with Crippen molar-refractivity contribution < 1.29 is 4.79 Å². The van der Waals surface area contributed by atoms with E-state index in [0.717, 1.165) is 19.4 Å². The minimum absolute atomic E-state index is 0.0257. The van der Waals surface area contributed by atoms with E-state index < -0.39 is 0 Å². The molecule has 0 spiro atoms. The summed E-state index contributed by atoms with van der Waals surface area (Å²) in [5.41, 5.74) is 0. The van der Waals surface area contributed by atoms with Crippen LogP contribution in [0.3, 0.4) is 0 Å². The molecule has 1 amide bonds. The number of nitrogens with one attached hydrogen (secondary N) is 1. The van der Waals surface area contributed by atoms with E-state index in [-0.39, 0.29) is 12.2 Å². The maximum Gasteiger partial charge on any atom is 0.241 e. The molecule has 1 aliphatic heterocycles. The van der Waals surface area contributed by atoms with Crippen molar-refractivity contribution in [1.82, 2.24) is 10.2 Å². The molecule has 1 saturated heterocycles. The van der Waals surface area contributed by atoms with E-state index in [1.54, 1.807) is 0 Å². The van der Waals surface area contributed by atoms with Crippen molar-refractivity contribution in [3.8, 4) is 0 Å². The third-order valence-electron chi connectivity index (χ3n) is 5.36. The average Bonchev–Trinajstić information content (AvgIpc) is 2.69. The number of carbonyl (C=O) groups is 1. The molecule has 1 saturated carbocycles. The van der Waals surface area contributed by atoms with Gasteiger partial charge in [-0.3, -0.25) is 10.1 Å². The van der Waals surface area contributed by atoms with Crippen molar-refractivity contribution in [2.75, 3.05) is 12.8 Å². The quantitative estimate of drug-likeness (QED) is 0.781. The van der Waals surface area contributed by atoms with Gasteiger partial charge in [0.05, 0.1) is 12.2 Å². The largest absolute Gasteiger partial charge is 0.324 e. The summed E-state index contributed by atoms with van der Waals surface area (Å²) in [5, 5.41) is 3.63. The minimum Gasteiger partial charge on any atom is -0.324 e. The molecule has 1 heterocycles. The van der Waals surface area contributed by atoms with Crippen molar-refractivity contribution in [1.29, 1.82) is 0 Å². The summed E-state index contributed by atoms with van der Waals surface area (Å²) < 4.78 is 0.330. The van der Waals surface area contributed by atoms with E-state index in [1.165, 1.54) is 19.3 Å². The standard InChI is InChI=1S/C17H32N2OS/c1-6-13(4)15-16(20)19(14(18-15)10-12(2)3)11-17(21-5)8-7-9-17/h12-15,18H,6-11H2,1-5H3. The topological polar surface area (TPSA) is 32.3 Å². The Morgan fingerprint density at radius 1 is 1.38 bits per heavy atom. The lowest BCUT2D eigenvalue weighted by atomic mass is 9.83. The van der Waals surface area contributed by atoms with Crippen LogP contribution in [0.2, 0.25) is 0 Å². The monoisotopic (exact) mass is 312 g/mol. The molecule has 0 aromatic rings. The van der Waals surface area contributed by atoms with E-state index in [0.29, 0.717) is 22.5 Å². The van der Waals surface area contributed by atoms with Gasteiger partial charge in [0.1, 0.15) is 0 Å². The van der Waals surface area contributed by atoms with Crippen molar-refractivity contribution in [3.05, 3.63) is 0 Å². The Hall–Kier alpha value is -0.220. The fourth-order valence-electron chi connectivity index (χ4n) is 3.48. The minimum atomic E-state index is 0.0257. The highest BCUT2D eigenvalue weighted by Crippen LogP contribution is 2.44. The third-order valence-corrected chi connectivity index (χ3v) is 6.76. The summed E-state index contributed by atoms with van der Waals surface area (Å²) in [6.07, 6.45) is 8.40. The molecule has 0 aromatic carbocycles. The van der Waals surface area contributed by atoms with E-state index in [9.17, 15) is 4.79 Å². The van der Waals surface area contributed by atoms with E-state index in [4.69, 9.17) is 0 Å². The van der Waals surface area contributed by atoms with Crippen molar-refractivity contribution in [3.63, 3.8) is 0 Å². The lowest BCUT2D eigenvalue weighted by Gasteiger charge is -2.44. The van der Waals surface area contributed by atoms with Gasteiger partial charge in [-0.2, -0.15) is 11.8 Å². The smallest absolute Gasteiger partial charge is 0.241 e. The first-order valence-electron chi connectivity index (χ1n) is 8.54. The number of rotatable bonds is 7. The number of amides is 1. The number of thioether (sulfide) groups is 1. The molecule has 0 bridgehead atoms. The van der Waals surface area contributed by atoms with Crippen molar-refractivity contribution >= 4 is 17.7 Å². The summed E-state index contributed by atoms with van der Waals surface area (Å²) in [5.74, 6) is 1.37. The molecule has 3 unspecified atom stereocenters. The molecule has 3 nitrogen and oxygen atoms in total. The molecule has 0 radical (unpaired) electrons. The molecule has 4 heteroatoms. The van der Waals surface area contributed by atoms with Gasteiger partial charge in [0.25, 0.3) is 0 Å². The Bertz CT molecular complexity index is 362. The van der Waals surface area contributed by atoms with Gasteiger partial charge < -0.3 is 4.90 Å². The van der Waals surface area contributed by atoms with Crippen LogP contribution < -0.4 is 5.32 Å². The Labute approximate surface area is 134 Å². The zero-order chi connectivity index (χ0) is 15.6. The van der Waals surface area contributed by atoms with Gasteiger partial charge in [-0.05, 0) is 37.4 Å². The molecule has 3 atom stereocenters. The van der Waals surface area contributed by atoms with Crippen LogP contribution in [-0.2, 0) is 4.79 Å². The molecule has 2 fully saturated rings. The average molecular weight is 313 g/mol. The van der Waals surface area contributed by atoms with Gasteiger partial charge in [0, 0.05) is 11.3 Å². The van der Waals surface area contributed by atoms with Gasteiger partial charge in [-0.1, -0.05) is 40.5 Å². The van der Waals surface area contributed by atoms with Crippen molar-refractivity contribution in [2.45, 2.75) is 76.8 Å². The second kappa shape index (κ2) is 6.91. The Morgan fingerprint density at radius 2 is 2.05 bits per heavy atom. The zero-order valence-corrected chi connectivity index (χ0v) is 15.1. The third kappa shape index (κ3) is 3.58. The summed E-state index contributed by atoms with van der Waals surface area (Å²) >= 11 is 1.96. The second-order valence-electron chi connectivity index (χ2n) is 7.38. The summed E-state index contributed by atoms with van der Waals surface area (Å²) in [7, 11) is 0. The van der Waals surface area contributed by atoms with Crippen LogP contribution >= 0.6 is 11.8 Å². The molecular weight excluding hydrogens is 280 g/mol. The Kier molecular flexibility index (Phi) is 5.64. The van der Waals surface area contributed by atoms with Crippen LogP contribution in [0.1, 0.15) is 59.8 Å². The summed E-state index contributed by atoms with van der Waals surface area (Å²) in [6.45, 7) is 9.79. The van der Waals surface area contributed by atoms with Crippen LogP contribution in [0.5, 0.6) is 0 Å². The molecule has 2 aliphatic rings. The normalized spacial score (nSPS) is 29.8. The highest BCUT2D eigenvalue weighted by Gasteiger charge is 2.46. The Morgan fingerprint density at radius 3 is 2.48 bits per heavy atom. The molecule has 1 N–H and O–H groups in total. The van der Waals surface area contributed by atoms with E-state index in [2.05, 4.69) is 44.2 Å². The summed E-state index contributed by atoms with van der Waals surface area (Å²) in [4.78, 5) is 15.1. The first-order valence-corrected chi connectivity index (χ1v) is 9.76. The van der Waals surface area contributed by atoms with Gasteiger partial charge in [-0.25, -0.2) is 0 Å². The summed E-state index contributed by atoms with van der Waals surface area (Å²) in [6, 6.07) is 0.0257. The first-order chi connectivity index (χ1) is 9.92. The van der Waals surface area contributed by atoms with Crippen LogP contribution in [0.25, 0.3) is 0 Å². The predicted molar refractivity (Wildman–Crippen MR) is 91.4 cm³/mol. The van der Waals surface area contributed by atoms with Crippen molar-refractivity contribution in [2.24, 2.45) is 11.8 Å². The maximum absolute atomic E-state index is 12.9. The van der Waals surface area contributed by atoms with Crippen LogP contribution in [0.15, 0.2) is 0 Å². The lowest BCUT2D eigenvalue weighted by molar-refractivity contribution is -0.131. The molecule has 1 aliphatic carbocycles. The SMILES string of the molecule is CCC(C)C1NC(CC(C)C)N(CC2(SC)CCC2)C1=O. The highest BCUT2D eigenvalue weighted by molar-refractivity contribution is 8.00. The maximum atomic E-state index is 12.9. The van der Waals surface area contributed by atoms with Crippen LogP contribution in [0, 0.1) is 11.8 Å². The van der Waals surface area contributed by atoms with Gasteiger partial charge >= 0.3 is 0 Å². The number of hydrogen-bond donors (Lipinski definition) is 1. The fraction of sp³-hybridized carbons (Fsp3) is 0.941. The highest BCUT2D eigenvalue weighted by atomic mass is 32.2. The number of hydrogen-bond acceptors (Lipinski definition) is 3. The molecule has 122 valence electrons. The second-order valence-corrected chi connectivity index (χ2v) is 8.66. The van der Waals surface area contributed by atoms with Gasteiger partial charge in [0.2, 0.25) is 5.91 Å². The van der Waals surface area contributed by atoms with E-state index >= 15 is 0 Å². The zero-order valence-electron chi connectivity index (χ0n) is 14.3. The van der Waals surface area contributed by atoms with E-state index in [1.807, 2.05) is 11.8 Å². The van der Waals surface area contributed by atoms with Crippen LogP contribution in [0.4, 0.5) is 0 Å². The Balaban J connectivity index is 2.11. The van der Waals surface area contributed by atoms with Crippen LogP contribution in [-0.4, -0.2) is 40.6 Å². The predicted octanol–water partition coefficient (Wildman–Crippen LogP) is 3.49. The molecule has 2 rings (SSSR count). The number of nitrogens with zero attached hydrogens (tertiary/aromatic N) is 1. The molecule has 0 aromatic heterocycles. The first kappa shape index (κ1) is 17.1. The molecule has 21 heavy (non-hydrogen) atoms. The molecular formula is C17H32N2OS. The fourth-order valence-corrected chi connectivity index (χ4v) is 4.45. The lowest BCUT2D eigenvalue weighted by Crippen LogP contribution is -2.50.